The Morgan fingerprint density at radius 1 is 1.00 bits per heavy atom. The highest BCUT2D eigenvalue weighted by atomic mass is 19.1. The van der Waals surface area contributed by atoms with Crippen LogP contribution in [0.25, 0.3) is 22.4 Å². The van der Waals surface area contributed by atoms with E-state index >= 15 is 0 Å². The third-order valence-corrected chi connectivity index (χ3v) is 6.58. The van der Waals surface area contributed by atoms with Crippen molar-refractivity contribution >= 4 is 16.7 Å². The predicted octanol–water partition coefficient (Wildman–Crippen LogP) is 4.59. The Hall–Kier alpha value is -3.35. The van der Waals surface area contributed by atoms with Crippen LogP contribution in [0.2, 0.25) is 0 Å². The molecule has 2 aliphatic rings. The van der Waals surface area contributed by atoms with Crippen LogP contribution >= 0.6 is 0 Å². The molecule has 6 rings (SSSR count). The van der Waals surface area contributed by atoms with Gasteiger partial charge in [0, 0.05) is 30.0 Å². The van der Waals surface area contributed by atoms with E-state index in [1.54, 1.807) is 18.5 Å². The zero-order valence-electron chi connectivity index (χ0n) is 16.3. The maximum atomic E-state index is 13.5. The van der Waals surface area contributed by atoms with Crippen molar-refractivity contribution in [3.8, 4) is 11.5 Å². The van der Waals surface area contributed by atoms with Crippen molar-refractivity contribution in [1.29, 1.82) is 0 Å². The van der Waals surface area contributed by atoms with Gasteiger partial charge >= 0.3 is 0 Å². The molecule has 150 valence electrons. The molecule has 2 fully saturated rings. The van der Waals surface area contributed by atoms with Gasteiger partial charge in [0.2, 0.25) is 11.8 Å². The molecule has 3 heterocycles. The van der Waals surface area contributed by atoms with Crippen molar-refractivity contribution in [3.63, 3.8) is 0 Å². The summed E-state index contributed by atoms with van der Waals surface area (Å²) >= 11 is 0. The minimum absolute atomic E-state index is 0.227. The van der Waals surface area contributed by atoms with Crippen molar-refractivity contribution in [2.24, 2.45) is 5.41 Å². The van der Waals surface area contributed by atoms with Gasteiger partial charge in [0.1, 0.15) is 18.0 Å². The van der Waals surface area contributed by atoms with Crippen LogP contribution in [-0.2, 0) is 0 Å². The Morgan fingerprint density at radius 3 is 2.73 bits per heavy atom. The van der Waals surface area contributed by atoms with Gasteiger partial charge in [0.05, 0.1) is 5.52 Å². The normalized spacial score (nSPS) is 20.0. The Morgan fingerprint density at radius 2 is 1.87 bits per heavy atom. The second kappa shape index (κ2) is 6.58. The van der Waals surface area contributed by atoms with Gasteiger partial charge in [-0.25, -0.2) is 14.4 Å². The fourth-order valence-corrected chi connectivity index (χ4v) is 4.77. The molecule has 0 unspecified atom stereocenters. The molecule has 1 aliphatic heterocycles. The fraction of sp³-hybridized carbons (Fsp3) is 0.304. The topological polar surface area (TPSA) is 67.9 Å². The average molecular weight is 401 g/mol. The first-order valence-electron chi connectivity index (χ1n) is 10.3. The lowest BCUT2D eigenvalue weighted by atomic mass is 9.90. The molecule has 1 aliphatic carbocycles. The zero-order valence-corrected chi connectivity index (χ0v) is 16.3. The van der Waals surface area contributed by atoms with Crippen LogP contribution in [0.15, 0.2) is 59.3 Å². The summed E-state index contributed by atoms with van der Waals surface area (Å²) in [5, 5.41) is 9.53. The van der Waals surface area contributed by atoms with Gasteiger partial charge in [-0.05, 0) is 55.0 Å². The van der Waals surface area contributed by atoms with E-state index in [1.807, 2.05) is 18.2 Å². The molecule has 1 spiro atoms. The Kier molecular flexibility index (Phi) is 3.84. The van der Waals surface area contributed by atoms with E-state index in [2.05, 4.69) is 31.1 Å². The minimum atomic E-state index is -0.306. The number of anilines is 1. The van der Waals surface area contributed by atoms with Gasteiger partial charge in [-0.15, -0.1) is 10.2 Å². The maximum absolute atomic E-state index is 13.5. The number of piperidine rings is 1. The molecular formula is C23H20FN5O. The monoisotopic (exact) mass is 401 g/mol. The molecule has 0 N–H and O–H groups in total. The summed E-state index contributed by atoms with van der Waals surface area (Å²) in [7, 11) is 0. The fourth-order valence-electron chi connectivity index (χ4n) is 4.77. The second-order valence-corrected chi connectivity index (χ2v) is 8.28. The second-order valence-electron chi connectivity index (χ2n) is 8.28. The summed E-state index contributed by atoms with van der Waals surface area (Å²) in [4.78, 5) is 11.3. The number of rotatable bonds is 3. The Balaban J connectivity index is 1.18. The first-order valence-corrected chi connectivity index (χ1v) is 10.3. The number of benzene rings is 2. The summed E-state index contributed by atoms with van der Waals surface area (Å²) in [6.07, 6.45) is 4.84. The summed E-state index contributed by atoms with van der Waals surface area (Å²) in [6, 6.07) is 14.4. The van der Waals surface area contributed by atoms with E-state index in [0.717, 1.165) is 49.1 Å². The molecule has 30 heavy (non-hydrogen) atoms. The van der Waals surface area contributed by atoms with E-state index < -0.39 is 0 Å². The lowest BCUT2D eigenvalue weighted by Gasteiger charge is -2.34. The quantitative estimate of drug-likeness (QED) is 0.500. The molecule has 0 radical (unpaired) electrons. The van der Waals surface area contributed by atoms with E-state index in [4.69, 9.17) is 4.42 Å². The standard InChI is InChI=1S/C23H20FN5O/c24-16-5-3-4-15(12-16)21-27-28-22(30-21)18-13-23(18)8-10-29(11-9-23)20-17-6-1-2-7-19(17)25-14-26-20/h1-7,12,14,18H,8-11,13H2/t18-/m0/s1. The molecule has 4 aromatic rings. The third-order valence-electron chi connectivity index (χ3n) is 6.58. The van der Waals surface area contributed by atoms with Crippen LogP contribution in [0.1, 0.15) is 31.1 Å². The number of para-hydroxylation sites is 1. The summed E-state index contributed by atoms with van der Waals surface area (Å²) in [5.41, 5.74) is 1.82. The molecule has 1 saturated heterocycles. The van der Waals surface area contributed by atoms with Crippen LogP contribution in [0.3, 0.4) is 0 Å². The largest absolute Gasteiger partial charge is 0.420 e. The molecule has 0 amide bonds. The molecule has 2 aromatic heterocycles. The average Bonchev–Trinajstić information content (AvgIpc) is 3.25. The van der Waals surface area contributed by atoms with E-state index in [9.17, 15) is 4.39 Å². The number of aromatic nitrogens is 4. The highest BCUT2D eigenvalue weighted by Gasteiger charge is 2.58. The lowest BCUT2D eigenvalue weighted by Crippen LogP contribution is -2.35. The zero-order chi connectivity index (χ0) is 20.1. The molecular weight excluding hydrogens is 381 g/mol. The van der Waals surface area contributed by atoms with Crippen molar-refractivity contribution < 1.29 is 8.81 Å². The highest BCUT2D eigenvalue weighted by molar-refractivity contribution is 5.89. The lowest BCUT2D eigenvalue weighted by molar-refractivity contribution is 0.352. The number of hydrogen-bond acceptors (Lipinski definition) is 6. The van der Waals surface area contributed by atoms with Gasteiger partial charge < -0.3 is 9.32 Å². The Bertz CT molecular complexity index is 1230. The number of nitrogens with zero attached hydrogens (tertiary/aromatic N) is 5. The summed E-state index contributed by atoms with van der Waals surface area (Å²) in [6.45, 7) is 1.89. The Labute approximate surface area is 172 Å². The molecule has 1 atom stereocenters. The minimum Gasteiger partial charge on any atom is -0.420 e. The number of hydrogen-bond donors (Lipinski definition) is 0. The van der Waals surface area contributed by atoms with Crippen LogP contribution in [0, 0.1) is 11.2 Å². The molecule has 0 bridgehead atoms. The van der Waals surface area contributed by atoms with Gasteiger partial charge in [-0.2, -0.15) is 0 Å². The maximum Gasteiger partial charge on any atom is 0.247 e. The SMILES string of the molecule is Fc1cccc(-c2nnc([C@@H]3CC34CCN(c3ncnc5ccccc35)CC4)o2)c1. The first kappa shape index (κ1) is 17.5. The predicted molar refractivity (Wildman–Crippen MR) is 110 cm³/mol. The van der Waals surface area contributed by atoms with Crippen LogP contribution < -0.4 is 4.90 Å². The smallest absolute Gasteiger partial charge is 0.247 e. The van der Waals surface area contributed by atoms with E-state index in [1.165, 1.54) is 12.1 Å². The van der Waals surface area contributed by atoms with Gasteiger partial charge in [0.25, 0.3) is 0 Å². The van der Waals surface area contributed by atoms with Crippen LogP contribution in [0.4, 0.5) is 10.2 Å². The summed E-state index contributed by atoms with van der Waals surface area (Å²) in [5.74, 6) is 2.06. The van der Waals surface area contributed by atoms with Crippen LogP contribution in [-0.4, -0.2) is 33.3 Å². The van der Waals surface area contributed by atoms with Crippen molar-refractivity contribution in [1.82, 2.24) is 20.2 Å². The van der Waals surface area contributed by atoms with Crippen molar-refractivity contribution in [3.05, 3.63) is 66.6 Å². The number of fused-ring (bicyclic) bond motifs is 1. The first-order chi connectivity index (χ1) is 14.7. The summed E-state index contributed by atoms with van der Waals surface area (Å²) < 4.78 is 19.4. The van der Waals surface area contributed by atoms with Crippen molar-refractivity contribution in [2.75, 3.05) is 18.0 Å². The van der Waals surface area contributed by atoms with Gasteiger partial charge in [-0.1, -0.05) is 18.2 Å². The molecule has 2 aromatic carbocycles. The van der Waals surface area contributed by atoms with Crippen molar-refractivity contribution in [2.45, 2.75) is 25.2 Å². The number of halogens is 1. The van der Waals surface area contributed by atoms with Crippen LogP contribution in [0.5, 0.6) is 0 Å². The molecule has 1 saturated carbocycles. The molecule has 6 nitrogen and oxygen atoms in total. The van der Waals surface area contributed by atoms with Gasteiger partial charge in [0.15, 0.2) is 0 Å². The highest BCUT2D eigenvalue weighted by Crippen LogP contribution is 2.64. The third kappa shape index (κ3) is 2.84. The molecule has 7 heteroatoms. The van der Waals surface area contributed by atoms with Gasteiger partial charge in [-0.3, -0.25) is 0 Å². The van der Waals surface area contributed by atoms with E-state index in [-0.39, 0.29) is 17.2 Å². The van der Waals surface area contributed by atoms with E-state index in [0.29, 0.717) is 17.3 Å².